The van der Waals surface area contributed by atoms with Crippen LogP contribution in [-0.4, -0.2) is 18.4 Å². The third-order valence-electron chi connectivity index (χ3n) is 2.49. The number of esters is 1. The molecule has 0 aliphatic rings. The molecule has 0 spiro atoms. The number of hydrogen-bond acceptors (Lipinski definition) is 3. The van der Waals surface area contributed by atoms with E-state index in [1.807, 2.05) is 6.07 Å². The fourth-order valence-electron chi connectivity index (χ4n) is 1.17. The average Bonchev–Trinajstić information content (AvgIpc) is 2.33. The van der Waals surface area contributed by atoms with Gasteiger partial charge in [-0.1, -0.05) is 50.6 Å². The summed E-state index contributed by atoms with van der Waals surface area (Å²) in [4.78, 5) is 23.0. The van der Waals surface area contributed by atoms with Crippen molar-refractivity contribution in [2.24, 2.45) is 5.41 Å². The summed E-state index contributed by atoms with van der Waals surface area (Å²) in [7, 11) is 0. The Balaban J connectivity index is 2.53. The van der Waals surface area contributed by atoms with Crippen LogP contribution in [0.1, 0.15) is 26.3 Å². The summed E-state index contributed by atoms with van der Waals surface area (Å²) in [6.07, 6.45) is 2.82. The van der Waals surface area contributed by atoms with Gasteiger partial charge in [0.25, 0.3) is 0 Å². The largest absolute Gasteiger partial charge is 0.455 e. The second-order valence-electron chi connectivity index (χ2n) is 5.14. The molecule has 0 unspecified atom stereocenters. The minimum atomic E-state index is -0.558. The number of rotatable bonds is 4. The monoisotopic (exact) mass is 280 g/mol. The zero-order valence-corrected chi connectivity index (χ0v) is 12.0. The standard InChI is InChI=1S/C15H17ClO3/c1-15(2,3)13(17)10-19-14(18)9-8-11-6-4-5-7-12(11)16/h4-9H,10H2,1-3H3. The normalized spacial score (nSPS) is 11.6. The molecule has 0 radical (unpaired) electrons. The second kappa shape index (κ2) is 6.53. The van der Waals surface area contributed by atoms with Crippen LogP contribution in [0.15, 0.2) is 30.3 Å². The van der Waals surface area contributed by atoms with E-state index in [1.54, 1.807) is 45.0 Å². The maximum atomic E-state index is 11.6. The van der Waals surface area contributed by atoms with Crippen molar-refractivity contribution in [3.63, 3.8) is 0 Å². The SMILES string of the molecule is CC(C)(C)C(=O)COC(=O)C=Cc1ccccc1Cl. The highest BCUT2D eigenvalue weighted by molar-refractivity contribution is 6.32. The van der Waals surface area contributed by atoms with Crippen molar-refractivity contribution in [1.29, 1.82) is 0 Å². The molecule has 0 aliphatic heterocycles. The van der Waals surface area contributed by atoms with Gasteiger partial charge in [0.15, 0.2) is 12.4 Å². The minimum absolute atomic E-state index is 0.119. The van der Waals surface area contributed by atoms with Gasteiger partial charge in [-0.15, -0.1) is 0 Å². The zero-order chi connectivity index (χ0) is 14.5. The molecular weight excluding hydrogens is 264 g/mol. The predicted molar refractivity (Wildman–Crippen MR) is 75.9 cm³/mol. The van der Waals surface area contributed by atoms with E-state index < -0.39 is 11.4 Å². The van der Waals surface area contributed by atoms with Crippen LogP contribution in [0.4, 0.5) is 0 Å². The van der Waals surface area contributed by atoms with Crippen molar-refractivity contribution >= 4 is 29.4 Å². The molecule has 0 aliphatic carbocycles. The topological polar surface area (TPSA) is 43.4 Å². The lowest BCUT2D eigenvalue weighted by atomic mass is 9.91. The Morgan fingerprint density at radius 1 is 1.26 bits per heavy atom. The fraction of sp³-hybridized carbons (Fsp3) is 0.333. The number of ether oxygens (including phenoxy) is 1. The predicted octanol–water partition coefficient (Wildman–Crippen LogP) is 3.51. The molecule has 19 heavy (non-hydrogen) atoms. The summed E-state index contributed by atoms with van der Waals surface area (Å²) in [6.45, 7) is 5.13. The van der Waals surface area contributed by atoms with Crippen LogP contribution in [-0.2, 0) is 14.3 Å². The number of carbonyl (C=O) groups excluding carboxylic acids is 2. The molecular formula is C15H17ClO3. The first kappa shape index (κ1) is 15.4. The van der Waals surface area contributed by atoms with Crippen LogP contribution in [0, 0.1) is 5.41 Å². The first-order valence-electron chi connectivity index (χ1n) is 5.93. The van der Waals surface area contributed by atoms with E-state index in [1.165, 1.54) is 6.08 Å². The molecule has 1 aromatic rings. The summed E-state index contributed by atoms with van der Waals surface area (Å²) >= 11 is 5.94. The number of halogens is 1. The highest BCUT2D eigenvalue weighted by Gasteiger charge is 2.21. The summed E-state index contributed by atoms with van der Waals surface area (Å²) in [5.74, 6) is -0.676. The lowest BCUT2D eigenvalue weighted by molar-refractivity contribution is -0.145. The summed E-state index contributed by atoms with van der Waals surface area (Å²) in [6, 6.07) is 7.14. The van der Waals surface area contributed by atoms with Gasteiger partial charge in [0.1, 0.15) is 0 Å². The number of ketones is 1. The van der Waals surface area contributed by atoms with Crippen molar-refractivity contribution in [2.75, 3.05) is 6.61 Å². The van der Waals surface area contributed by atoms with E-state index in [2.05, 4.69) is 0 Å². The van der Waals surface area contributed by atoms with Crippen LogP contribution in [0.5, 0.6) is 0 Å². The van der Waals surface area contributed by atoms with E-state index in [-0.39, 0.29) is 12.4 Å². The molecule has 0 N–H and O–H groups in total. The quantitative estimate of drug-likeness (QED) is 0.626. The summed E-state index contributed by atoms with van der Waals surface area (Å²) in [5.41, 5.74) is 0.218. The van der Waals surface area contributed by atoms with E-state index in [0.717, 1.165) is 5.56 Å². The number of carbonyl (C=O) groups is 2. The highest BCUT2D eigenvalue weighted by Crippen LogP contribution is 2.16. The molecule has 0 saturated heterocycles. The number of benzene rings is 1. The minimum Gasteiger partial charge on any atom is -0.455 e. The number of hydrogen-bond donors (Lipinski definition) is 0. The Kier molecular flexibility index (Phi) is 5.31. The van der Waals surface area contributed by atoms with Gasteiger partial charge < -0.3 is 4.74 Å². The van der Waals surface area contributed by atoms with Crippen LogP contribution >= 0.6 is 11.6 Å². The van der Waals surface area contributed by atoms with Gasteiger partial charge in [0, 0.05) is 16.5 Å². The summed E-state index contributed by atoms with van der Waals surface area (Å²) in [5, 5.41) is 0.553. The van der Waals surface area contributed by atoms with Crippen molar-refractivity contribution in [3.05, 3.63) is 40.9 Å². The number of Topliss-reactive ketones (excluding diaryl/α,β-unsaturated/α-hetero) is 1. The maximum absolute atomic E-state index is 11.6. The van der Waals surface area contributed by atoms with Crippen molar-refractivity contribution < 1.29 is 14.3 Å². The molecule has 0 bridgehead atoms. The van der Waals surface area contributed by atoms with Gasteiger partial charge in [-0.3, -0.25) is 4.79 Å². The molecule has 1 aromatic carbocycles. The third kappa shape index (κ3) is 5.26. The lowest BCUT2D eigenvalue weighted by Crippen LogP contribution is -2.25. The smallest absolute Gasteiger partial charge is 0.331 e. The molecule has 1 rings (SSSR count). The molecule has 4 heteroatoms. The Morgan fingerprint density at radius 3 is 2.47 bits per heavy atom. The van der Waals surface area contributed by atoms with Gasteiger partial charge in [-0.05, 0) is 17.7 Å². The molecule has 0 saturated carbocycles. The highest BCUT2D eigenvalue weighted by atomic mass is 35.5. The maximum Gasteiger partial charge on any atom is 0.331 e. The molecule has 3 nitrogen and oxygen atoms in total. The lowest BCUT2D eigenvalue weighted by Gasteiger charge is -2.15. The van der Waals surface area contributed by atoms with Gasteiger partial charge >= 0.3 is 5.97 Å². The van der Waals surface area contributed by atoms with Gasteiger partial charge in [-0.2, -0.15) is 0 Å². The molecule has 0 heterocycles. The molecule has 102 valence electrons. The van der Waals surface area contributed by atoms with Gasteiger partial charge in [-0.25, -0.2) is 4.79 Å². The Hall–Kier alpha value is -1.61. The Bertz CT molecular complexity index is 498. The van der Waals surface area contributed by atoms with Crippen molar-refractivity contribution in [1.82, 2.24) is 0 Å². The van der Waals surface area contributed by atoms with Crippen LogP contribution < -0.4 is 0 Å². The first-order chi connectivity index (χ1) is 8.80. The van der Waals surface area contributed by atoms with Crippen molar-refractivity contribution in [2.45, 2.75) is 20.8 Å². The summed E-state index contributed by atoms with van der Waals surface area (Å²) < 4.78 is 4.87. The molecule has 0 fully saturated rings. The van der Waals surface area contributed by atoms with E-state index >= 15 is 0 Å². The van der Waals surface area contributed by atoms with E-state index in [0.29, 0.717) is 5.02 Å². The van der Waals surface area contributed by atoms with Gasteiger partial charge in [0.2, 0.25) is 0 Å². The first-order valence-corrected chi connectivity index (χ1v) is 6.31. The molecule has 0 atom stereocenters. The Labute approximate surface area is 118 Å². The van der Waals surface area contributed by atoms with E-state index in [9.17, 15) is 9.59 Å². The van der Waals surface area contributed by atoms with Crippen LogP contribution in [0.25, 0.3) is 6.08 Å². The Morgan fingerprint density at radius 2 is 1.89 bits per heavy atom. The third-order valence-corrected chi connectivity index (χ3v) is 2.83. The van der Waals surface area contributed by atoms with E-state index in [4.69, 9.17) is 16.3 Å². The van der Waals surface area contributed by atoms with Crippen molar-refractivity contribution in [3.8, 4) is 0 Å². The average molecular weight is 281 g/mol. The zero-order valence-electron chi connectivity index (χ0n) is 11.3. The molecule has 0 aromatic heterocycles. The molecule has 0 amide bonds. The van der Waals surface area contributed by atoms with Gasteiger partial charge in [0.05, 0.1) is 0 Å². The van der Waals surface area contributed by atoms with Crippen LogP contribution in [0.3, 0.4) is 0 Å². The second-order valence-corrected chi connectivity index (χ2v) is 5.54. The fourth-order valence-corrected chi connectivity index (χ4v) is 1.37. The van der Waals surface area contributed by atoms with Crippen LogP contribution in [0.2, 0.25) is 5.02 Å².